The summed E-state index contributed by atoms with van der Waals surface area (Å²) >= 11 is 0. The first-order valence-electron chi connectivity index (χ1n) is 38.0. The zero-order valence-corrected chi connectivity index (χ0v) is 57.6. The zero-order valence-electron chi connectivity index (χ0n) is 56.7. The van der Waals surface area contributed by atoms with E-state index in [9.17, 15) is 19.0 Å². The summed E-state index contributed by atoms with van der Waals surface area (Å²) in [4.78, 5) is 35.4. The predicted octanol–water partition coefficient (Wildman–Crippen LogP) is 24.9. The average molecular weight is 1210 g/mol. The summed E-state index contributed by atoms with van der Waals surface area (Å²) in [7, 11) is -4.39. The molecule has 0 aromatic rings. The number of rotatable bonds is 74. The molecule has 0 bridgehead atoms. The third kappa shape index (κ3) is 70.1. The molecule has 3 N–H and O–H groups in total. The summed E-state index contributed by atoms with van der Waals surface area (Å²) in [5.74, 6) is -0.795. The van der Waals surface area contributed by atoms with Gasteiger partial charge in [0, 0.05) is 19.4 Å². The molecule has 0 saturated heterocycles. The minimum absolute atomic E-state index is 0.0589. The van der Waals surface area contributed by atoms with Crippen molar-refractivity contribution < 1.29 is 37.6 Å². The quantitative estimate of drug-likeness (QED) is 0.0347. The molecule has 84 heavy (non-hydrogen) atoms. The Morgan fingerprint density at radius 1 is 0.310 bits per heavy atom. The van der Waals surface area contributed by atoms with E-state index in [0.717, 1.165) is 32.1 Å². The molecule has 0 fully saturated rings. The van der Waals surface area contributed by atoms with Crippen LogP contribution in [0, 0.1) is 0 Å². The van der Waals surface area contributed by atoms with Crippen LogP contribution >= 0.6 is 7.82 Å². The second kappa shape index (κ2) is 71.1. The molecule has 0 radical (unpaired) electrons. The second-order valence-electron chi connectivity index (χ2n) is 26.2. The molecule has 2 atom stereocenters. The van der Waals surface area contributed by atoms with E-state index in [0.29, 0.717) is 12.8 Å². The number of carbonyl (C=O) groups excluding carboxylic acids is 2. The number of unbranched alkanes of at least 4 members (excludes halogenated alkanes) is 61. The van der Waals surface area contributed by atoms with Gasteiger partial charge in [-0.25, -0.2) is 4.57 Å². The third-order valence-corrected chi connectivity index (χ3v) is 18.7. The Labute approximate surface area is 524 Å². The molecule has 0 saturated carbocycles. The van der Waals surface area contributed by atoms with Crippen LogP contribution in [-0.4, -0.2) is 49.3 Å². The van der Waals surface area contributed by atoms with Gasteiger partial charge in [0.25, 0.3) is 0 Å². The van der Waals surface area contributed by atoms with Gasteiger partial charge in [0.1, 0.15) is 6.61 Å². The minimum Gasteiger partial charge on any atom is -0.462 e. The van der Waals surface area contributed by atoms with Gasteiger partial charge in [-0.05, 0) is 12.8 Å². The van der Waals surface area contributed by atoms with Crippen molar-refractivity contribution in [3.05, 3.63) is 0 Å². The molecule has 0 aliphatic heterocycles. The van der Waals surface area contributed by atoms with Crippen LogP contribution in [0.1, 0.15) is 431 Å². The second-order valence-corrected chi connectivity index (χ2v) is 27.7. The molecule has 502 valence electrons. The van der Waals surface area contributed by atoms with Crippen molar-refractivity contribution in [2.45, 2.75) is 437 Å². The molecule has 0 aliphatic rings. The Morgan fingerprint density at radius 2 is 0.512 bits per heavy atom. The zero-order chi connectivity index (χ0) is 60.9. The number of nitrogens with two attached hydrogens (primary N) is 1. The maximum absolute atomic E-state index is 12.8. The molecular formula is C74H148NO8P. The highest BCUT2D eigenvalue weighted by Crippen LogP contribution is 2.43. The van der Waals surface area contributed by atoms with Gasteiger partial charge in [-0.3, -0.25) is 18.6 Å². The molecule has 0 heterocycles. The van der Waals surface area contributed by atoms with Crippen LogP contribution in [0.4, 0.5) is 0 Å². The van der Waals surface area contributed by atoms with Gasteiger partial charge >= 0.3 is 19.8 Å². The molecule has 0 aliphatic carbocycles. The fourth-order valence-electron chi connectivity index (χ4n) is 12.1. The lowest BCUT2D eigenvalue weighted by atomic mass is 10.0. The molecule has 0 amide bonds. The first kappa shape index (κ1) is 83.0. The number of phosphoric acid groups is 1. The lowest BCUT2D eigenvalue weighted by Gasteiger charge is -2.19. The van der Waals surface area contributed by atoms with Gasteiger partial charge in [-0.1, -0.05) is 406 Å². The molecule has 10 heteroatoms. The highest BCUT2D eigenvalue weighted by molar-refractivity contribution is 7.47. The molecular weight excluding hydrogens is 1060 g/mol. The summed E-state index contributed by atoms with van der Waals surface area (Å²) in [6, 6.07) is 0. The largest absolute Gasteiger partial charge is 0.472 e. The Bertz CT molecular complexity index is 1340. The fraction of sp³-hybridized carbons (Fsp3) is 0.973. The van der Waals surface area contributed by atoms with Crippen molar-refractivity contribution in [1.29, 1.82) is 0 Å². The van der Waals surface area contributed by atoms with Gasteiger partial charge in [0.2, 0.25) is 0 Å². The number of ether oxygens (including phenoxy) is 2. The van der Waals surface area contributed by atoms with Crippen molar-refractivity contribution >= 4 is 19.8 Å². The van der Waals surface area contributed by atoms with Crippen LogP contribution in [0.5, 0.6) is 0 Å². The number of carbonyl (C=O) groups is 2. The van der Waals surface area contributed by atoms with Crippen LogP contribution in [0.15, 0.2) is 0 Å². The van der Waals surface area contributed by atoms with Crippen molar-refractivity contribution in [3.63, 3.8) is 0 Å². The van der Waals surface area contributed by atoms with Gasteiger partial charge < -0.3 is 20.1 Å². The number of phosphoric ester groups is 1. The van der Waals surface area contributed by atoms with E-state index < -0.39 is 26.5 Å². The van der Waals surface area contributed by atoms with E-state index in [1.807, 2.05) is 0 Å². The van der Waals surface area contributed by atoms with Crippen LogP contribution in [-0.2, 0) is 32.7 Å². The minimum atomic E-state index is -4.39. The average Bonchev–Trinajstić information content (AvgIpc) is 3.55. The molecule has 0 aromatic heterocycles. The highest BCUT2D eigenvalue weighted by atomic mass is 31.2. The Balaban J connectivity index is 3.74. The third-order valence-electron chi connectivity index (χ3n) is 17.7. The van der Waals surface area contributed by atoms with Gasteiger partial charge in [-0.15, -0.1) is 0 Å². The summed E-state index contributed by atoms with van der Waals surface area (Å²) in [5.41, 5.74) is 5.41. The van der Waals surface area contributed by atoms with E-state index in [4.69, 9.17) is 24.3 Å². The van der Waals surface area contributed by atoms with Crippen molar-refractivity contribution in [3.8, 4) is 0 Å². The monoisotopic (exact) mass is 1210 g/mol. The molecule has 2 unspecified atom stereocenters. The van der Waals surface area contributed by atoms with E-state index in [-0.39, 0.29) is 32.1 Å². The summed E-state index contributed by atoms with van der Waals surface area (Å²) in [5, 5.41) is 0. The highest BCUT2D eigenvalue weighted by Gasteiger charge is 2.26. The van der Waals surface area contributed by atoms with E-state index in [1.54, 1.807) is 0 Å². The molecule has 0 rings (SSSR count). The number of esters is 2. The summed E-state index contributed by atoms with van der Waals surface area (Å²) in [6.07, 6.45) is 85.3. The van der Waals surface area contributed by atoms with Crippen LogP contribution in [0.3, 0.4) is 0 Å². The molecule has 9 nitrogen and oxygen atoms in total. The lowest BCUT2D eigenvalue weighted by molar-refractivity contribution is -0.161. The van der Waals surface area contributed by atoms with Gasteiger partial charge in [0.15, 0.2) is 6.10 Å². The maximum atomic E-state index is 12.8. The first-order chi connectivity index (χ1) is 41.3. The number of hydrogen-bond donors (Lipinski definition) is 2. The molecule has 0 spiro atoms. The lowest BCUT2D eigenvalue weighted by Crippen LogP contribution is -2.29. The standard InChI is InChI=1S/C74H148NO8P/c1-3-5-7-9-11-13-15-17-19-21-23-25-27-29-31-32-33-34-35-36-37-38-39-41-43-45-47-49-51-53-55-57-59-61-63-65-67-74(77)83-72(71-82-84(78,79)81-69-68-75)70-80-73(76)66-64-62-60-58-56-54-52-50-48-46-44-42-40-30-28-26-24-22-20-18-16-14-12-10-8-6-4-2/h72H,3-71,75H2,1-2H3,(H,78,79). The van der Waals surface area contributed by atoms with E-state index in [1.165, 1.54) is 366 Å². The van der Waals surface area contributed by atoms with E-state index >= 15 is 0 Å². The Morgan fingerprint density at radius 3 is 0.726 bits per heavy atom. The topological polar surface area (TPSA) is 134 Å². The normalized spacial score (nSPS) is 12.8. The van der Waals surface area contributed by atoms with Crippen molar-refractivity contribution in [1.82, 2.24) is 0 Å². The molecule has 0 aromatic carbocycles. The van der Waals surface area contributed by atoms with Crippen LogP contribution in [0.2, 0.25) is 0 Å². The van der Waals surface area contributed by atoms with Crippen LogP contribution in [0.25, 0.3) is 0 Å². The summed E-state index contributed by atoms with van der Waals surface area (Å²) < 4.78 is 33.2. The first-order valence-corrected chi connectivity index (χ1v) is 39.5. The SMILES string of the molecule is CCCCCCCCCCCCCCCCCCCCCCCCCCCCCCCCCCCCCCC(=O)OC(COC(=O)CCCCCCCCCCCCCCCCCCCCCCCCCCCCC)COP(=O)(O)OCCN. The van der Waals surface area contributed by atoms with Gasteiger partial charge in [-0.2, -0.15) is 0 Å². The Kier molecular flexibility index (Phi) is 70.3. The van der Waals surface area contributed by atoms with Crippen LogP contribution < -0.4 is 5.73 Å². The smallest absolute Gasteiger partial charge is 0.462 e. The summed E-state index contributed by atoms with van der Waals surface area (Å²) in [6.45, 7) is 3.85. The van der Waals surface area contributed by atoms with E-state index in [2.05, 4.69) is 13.8 Å². The van der Waals surface area contributed by atoms with Crippen molar-refractivity contribution in [2.75, 3.05) is 26.4 Å². The Hall–Kier alpha value is -0.990. The maximum Gasteiger partial charge on any atom is 0.472 e. The van der Waals surface area contributed by atoms with Crippen molar-refractivity contribution in [2.24, 2.45) is 5.73 Å². The number of hydrogen-bond acceptors (Lipinski definition) is 8. The fourth-order valence-corrected chi connectivity index (χ4v) is 12.9. The van der Waals surface area contributed by atoms with Gasteiger partial charge in [0.05, 0.1) is 13.2 Å². The predicted molar refractivity (Wildman–Crippen MR) is 363 cm³/mol.